The van der Waals surface area contributed by atoms with Gasteiger partial charge in [-0.05, 0) is 23.7 Å². The summed E-state index contributed by atoms with van der Waals surface area (Å²) in [4.78, 5) is 10.2. The van der Waals surface area contributed by atoms with Crippen molar-refractivity contribution < 1.29 is 4.79 Å². The van der Waals surface area contributed by atoms with Crippen molar-refractivity contribution >= 4 is 34.5 Å². The Morgan fingerprint density at radius 2 is 2.42 bits per heavy atom. The van der Waals surface area contributed by atoms with Crippen LogP contribution in [0.15, 0.2) is 23.6 Å². The number of rotatable bonds is 2. The van der Waals surface area contributed by atoms with Crippen LogP contribution in [0, 0.1) is 0 Å². The molecule has 2 rings (SSSR count). The lowest BCUT2D eigenvalue weighted by Gasteiger charge is -1.97. The number of aromatic nitrogens is 1. The molecule has 0 saturated carbocycles. The van der Waals surface area contributed by atoms with E-state index in [1.807, 2.05) is 23.6 Å². The van der Waals surface area contributed by atoms with E-state index in [9.17, 15) is 4.79 Å². The van der Waals surface area contributed by atoms with E-state index in [0.717, 1.165) is 16.6 Å². The van der Waals surface area contributed by atoms with Gasteiger partial charge in [-0.25, -0.2) is 0 Å². The van der Waals surface area contributed by atoms with Crippen molar-refractivity contribution in [2.45, 2.75) is 0 Å². The summed E-state index contributed by atoms with van der Waals surface area (Å²) in [5, 5.41) is 5.54. The van der Waals surface area contributed by atoms with E-state index >= 15 is 0 Å². The van der Waals surface area contributed by atoms with Crippen LogP contribution in [-0.4, -0.2) is 10.8 Å². The van der Waals surface area contributed by atoms with Crippen molar-refractivity contribution in [3.63, 3.8) is 0 Å². The van der Waals surface area contributed by atoms with E-state index in [-0.39, 0.29) is 0 Å². The fourth-order valence-corrected chi connectivity index (χ4v) is 1.76. The lowest BCUT2D eigenvalue weighted by Crippen LogP contribution is -1.93. The summed E-state index contributed by atoms with van der Waals surface area (Å²) in [6.45, 7) is 0. The van der Waals surface area contributed by atoms with Gasteiger partial charge in [-0.15, -0.1) is 0 Å². The smallest absolute Gasteiger partial charge is 0.211 e. The Bertz CT molecular complexity index is 410. The van der Waals surface area contributed by atoms with Crippen molar-refractivity contribution in [3.8, 4) is 0 Å². The van der Waals surface area contributed by atoms with Crippen LogP contribution in [0.2, 0.25) is 0 Å². The summed E-state index contributed by atoms with van der Waals surface area (Å²) >= 11 is 1.39. The molecule has 60 valence electrons. The van der Waals surface area contributed by atoms with Gasteiger partial charge in [0, 0.05) is 10.8 Å². The Labute approximate surface area is 73.2 Å². The van der Waals surface area contributed by atoms with Crippen LogP contribution in [0.1, 0.15) is 0 Å². The van der Waals surface area contributed by atoms with E-state index in [0.29, 0.717) is 6.41 Å². The second-order valence-electron chi connectivity index (χ2n) is 2.32. The molecule has 1 N–H and O–H groups in total. The van der Waals surface area contributed by atoms with E-state index in [4.69, 9.17) is 0 Å². The molecule has 0 fully saturated rings. The Morgan fingerprint density at radius 1 is 1.50 bits per heavy atom. The Kier molecular flexibility index (Phi) is 1.75. The van der Waals surface area contributed by atoms with Crippen LogP contribution >= 0.6 is 11.5 Å². The fraction of sp³-hybridized carbons (Fsp3) is 0. The third-order valence-electron chi connectivity index (χ3n) is 1.62. The van der Waals surface area contributed by atoms with Crippen LogP contribution in [-0.2, 0) is 4.79 Å². The molecule has 1 aromatic heterocycles. The molecule has 2 aromatic rings. The van der Waals surface area contributed by atoms with Crippen LogP contribution in [0.5, 0.6) is 0 Å². The molecule has 1 aromatic carbocycles. The highest BCUT2D eigenvalue weighted by Gasteiger charge is 2.00. The SMILES string of the molecule is O=CNc1cccc2nscc12. The number of carbonyl (C=O) groups is 1. The van der Waals surface area contributed by atoms with Crippen molar-refractivity contribution in [1.82, 2.24) is 4.37 Å². The highest BCUT2D eigenvalue weighted by atomic mass is 32.1. The molecule has 0 aliphatic carbocycles. The molecule has 0 spiro atoms. The summed E-state index contributed by atoms with van der Waals surface area (Å²) < 4.78 is 4.15. The molecule has 0 unspecified atom stereocenters. The maximum atomic E-state index is 10.2. The van der Waals surface area contributed by atoms with Gasteiger partial charge in [-0.2, -0.15) is 4.37 Å². The average Bonchev–Trinajstić information content (AvgIpc) is 2.53. The molecule has 1 heterocycles. The summed E-state index contributed by atoms with van der Waals surface area (Å²) in [6, 6.07) is 5.64. The van der Waals surface area contributed by atoms with Crippen LogP contribution < -0.4 is 5.32 Å². The number of carbonyl (C=O) groups excluding carboxylic acids is 1. The highest BCUT2D eigenvalue weighted by Crippen LogP contribution is 2.23. The molecule has 1 amide bonds. The zero-order valence-corrected chi connectivity index (χ0v) is 6.97. The van der Waals surface area contributed by atoms with Crippen molar-refractivity contribution in [1.29, 1.82) is 0 Å². The number of nitrogens with zero attached hydrogens (tertiary/aromatic N) is 1. The first kappa shape index (κ1) is 7.24. The third kappa shape index (κ3) is 1.06. The Balaban J connectivity index is 2.65. The summed E-state index contributed by atoms with van der Waals surface area (Å²) in [6.07, 6.45) is 0.673. The zero-order chi connectivity index (χ0) is 8.39. The maximum absolute atomic E-state index is 10.2. The molecule has 0 aliphatic heterocycles. The summed E-state index contributed by atoms with van der Waals surface area (Å²) in [7, 11) is 0. The molecule has 0 radical (unpaired) electrons. The number of hydrogen-bond acceptors (Lipinski definition) is 3. The van der Waals surface area contributed by atoms with E-state index in [2.05, 4.69) is 9.69 Å². The molecule has 3 nitrogen and oxygen atoms in total. The number of nitrogens with one attached hydrogen (secondary N) is 1. The highest BCUT2D eigenvalue weighted by molar-refractivity contribution is 7.04. The van der Waals surface area contributed by atoms with Crippen LogP contribution in [0.4, 0.5) is 5.69 Å². The lowest BCUT2D eigenvalue weighted by molar-refractivity contribution is -0.105. The normalized spacial score (nSPS) is 10.0. The number of benzene rings is 1. The van der Waals surface area contributed by atoms with E-state index in [1.165, 1.54) is 11.5 Å². The first-order valence-corrected chi connectivity index (χ1v) is 4.29. The quantitative estimate of drug-likeness (QED) is 0.713. The predicted molar refractivity (Wildman–Crippen MR) is 49.3 cm³/mol. The number of hydrogen-bond donors (Lipinski definition) is 1. The average molecular weight is 178 g/mol. The van der Waals surface area contributed by atoms with Crippen molar-refractivity contribution in [2.24, 2.45) is 0 Å². The Morgan fingerprint density at radius 3 is 3.25 bits per heavy atom. The standard InChI is InChI=1S/C8H6N2OS/c11-5-9-7-2-1-3-8-6(7)4-12-10-8/h1-5H,(H,9,11). The fourth-order valence-electron chi connectivity index (χ4n) is 1.08. The van der Waals surface area contributed by atoms with Gasteiger partial charge < -0.3 is 5.32 Å². The molecular formula is C8H6N2OS. The molecule has 0 atom stereocenters. The van der Waals surface area contributed by atoms with E-state index < -0.39 is 0 Å². The molecule has 12 heavy (non-hydrogen) atoms. The van der Waals surface area contributed by atoms with Gasteiger partial charge in [0.2, 0.25) is 6.41 Å². The topological polar surface area (TPSA) is 42.0 Å². The monoisotopic (exact) mass is 178 g/mol. The molecule has 4 heteroatoms. The number of fused-ring (bicyclic) bond motifs is 1. The first-order valence-electron chi connectivity index (χ1n) is 3.45. The second-order valence-corrected chi connectivity index (χ2v) is 2.94. The van der Waals surface area contributed by atoms with E-state index in [1.54, 1.807) is 0 Å². The first-order chi connectivity index (χ1) is 5.92. The zero-order valence-electron chi connectivity index (χ0n) is 6.15. The predicted octanol–water partition coefficient (Wildman–Crippen LogP) is 1.86. The number of anilines is 1. The van der Waals surface area contributed by atoms with Gasteiger partial charge in [0.05, 0.1) is 11.2 Å². The minimum absolute atomic E-state index is 0.673. The molecule has 0 aliphatic rings. The molecular weight excluding hydrogens is 172 g/mol. The van der Waals surface area contributed by atoms with Gasteiger partial charge in [0.1, 0.15) is 0 Å². The number of amides is 1. The van der Waals surface area contributed by atoms with Gasteiger partial charge >= 0.3 is 0 Å². The minimum Gasteiger partial charge on any atom is -0.328 e. The Hall–Kier alpha value is -1.42. The lowest BCUT2D eigenvalue weighted by atomic mass is 10.2. The van der Waals surface area contributed by atoms with Crippen molar-refractivity contribution in [3.05, 3.63) is 23.6 Å². The van der Waals surface area contributed by atoms with Gasteiger partial charge in [0.15, 0.2) is 0 Å². The van der Waals surface area contributed by atoms with Gasteiger partial charge in [-0.1, -0.05) is 6.07 Å². The van der Waals surface area contributed by atoms with Gasteiger partial charge in [0.25, 0.3) is 0 Å². The summed E-state index contributed by atoms with van der Waals surface area (Å²) in [5.74, 6) is 0. The van der Waals surface area contributed by atoms with Crippen LogP contribution in [0.25, 0.3) is 10.9 Å². The molecule has 0 bridgehead atoms. The van der Waals surface area contributed by atoms with Crippen molar-refractivity contribution in [2.75, 3.05) is 5.32 Å². The third-order valence-corrected chi connectivity index (χ3v) is 2.26. The molecule has 0 saturated heterocycles. The largest absolute Gasteiger partial charge is 0.328 e. The van der Waals surface area contributed by atoms with Crippen LogP contribution in [0.3, 0.4) is 0 Å². The second kappa shape index (κ2) is 2.91. The maximum Gasteiger partial charge on any atom is 0.211 e. The van der Waals surface area contributed by atoms with Gasteiger partial charge in [-0.3, -0.25) is 4.79 Å². The minimum atomic E-state index is 0.673. The summed E-state index contributed by atoms with van der Waals surface area (Å²) in [5.41, 5.74) is 1.74.